The third-order valence-electron chi connectivity index (χ3n) is 2.03. The average molecular weight is 252 g/mol. The molecule has 4 nitrogen and oxygen atoms in total. The van der Waals surface area contributed by atoms with Gasteiger partial charge in [-0.1, -0.05) is 11.6 Å². The Bertz CT molecular complexity index is 561. The maximum atomic E-state index is 8.84. The Labute approximate surface area is 101 Å². The minimum Gasteiger partial charge on any atom is -0.496 e. The van der Waals surface area contributed by atoms with Crippen LogP contribution in [0.15, 0.2) is 18.2 Å². The van der Waals surface area contributed by atoms with Crippen LogP contribution in [0.5, 0.6) is 5.75 Å². The van der Waals surface area contributed by atoms with Crippen molar-refractivity contribution in [2.24, 2.45) is 0 Å². The second kappa shape index (κ2) is 4.47. The molecular formula is C10H6ClN3OS. The van der Waals surface area contributed by atoms with E-state index in [1.165, 1.54) is 0 Å². The zero-order valence-corrected chi connectivity index (χ0v) is 9.84. The lowest BCUT2D eigenvalue weighted by atomic mass is 10.1. The highest BCUT2D eigenvalue weighted by Gasteiger charge is 2.14. The van der Waals surface area contributed by atoms with Gasteiger partial charge >= 0.3 is 0 Å². The molecule has 0 atom stereocenters. The third kappa shape index (κ3) is 1.85. The Hall–Kier alpha value is -1.64. The SMILES string of the molecule is COc1ccc(C#N)cc1-c1nsnc1Cl. The van der Waals surface area contributed by atoms with Crippen LogP contribution in [0.2, 0.25) is 5.15 Å². The molecule has 0 aliphatic heterocycles. The van der Waals surface area contributed by atoms with Crippen molar-refractivity contribution in [1.29, 1.82) is 5.26 Å². The van der Waals surface area contributed by atoms with Gasteiger partial charge in [-0.05, 0) is 18.2 Å². The summed E-state index contributed by atoms with van der Waals surface area (Å²) in [6.07, 6.45) is 0. The van der Waals surface area contributed by atoms with Crippen molar-refractivity contribution >= 4 is 23.3 Å². The van der Waals surface area contributed by atoms with Crippen molar-refractivity contribution in [3.8, 4) is 23.1 Å². The zero-order valence-electron chi connectivity index (χ0n) is 8.27. The molecule has 0 aliphatic rings. The number of methoxy groups -OCH3 is 1. The second-order valence-corrected chi connectivity index (χ2v) is 3.82. The molecule has 1 aromatic heterocycles. The van der Waals surface area contributed by atoms with Gasteiger partial charge in [0.2, 0.25) is 0 Å². The molecule has 1 aromatic carbocycles. The van der Waals surface area contributed by atoms with E-state index >= 15 is 0 Å². The van der Waals surface area contributed by atoms with Crippen LogP contribution in [0.1, 0.15) is 5.56 Å². The summed E-state index contributed by atoms with van der Waals surface area (Å²) in [5, 5.41) is 9.15. The van der Waals surface area contributed by atoms with E-state index in [2.05, 4.69) is 14.8 Å². The highest BCUT2D eigenvalue weighted by molar-refractivity contribution is 6.99. The summed E-state index contributed by atoms with van der Waals surface area (Å²) < 4.78 is 13.2. The maximum absolute atomic E-state index is 8.84. The lowest BCUT2D eigenvalue weighted by Crippen LogP contribution is -1.89. The van der Waals surface area contributed by atoms with E-state index in [1.54, 1.807) is 25.3 Å². The second-order valence-electron chi connectivity index (χ2n) is 2.93. The molecule has 16 heavy (non-hydrogen) atoms. The van der Waals surface area contributed by atoms with E-state index in [1.807, 2.05) is 0 Å². The first-order valence-electron chi connectivity index (χ1n) is 4.33. The molecule has 0 saturated heterocycles. The van der Waals surface area contributed by atoms with Crippen molar-refractivity contribution in [2.75, 3.05) is 7.11 Å². The topological polar surface area (TPSA) is 58.8 Å². The number of rotatable bonds is 2. The zero-order chi connectivity index (χ0) is 11.5. The van der Waals surface area contributed by atoms with Crippen LogP contribution in [0.3, 0.4) is 0 Å². The molecule has 0 unspecified atom stereocenters. The number of aromatic nitrogens is 2. The van der Waals surface area contributed by atoms with Gasteiger partial charge < -0.3 is 4.74 Å². The Balaban J connectivity index is 2.63. The van der Waals surface area contributed by atoms with Crippen LogP contribution in [-0.2, 0) is 0 Å². The van der Waals surface area contributed by atoms with Crippen LogP contribution in [-0.4, -0.2) is 15.9 Å². The van der Waals surface area contributed by atoms with E-state index in [9.17, 15) is 0 Å². The van der Waals surface area contributed by atoms with Gasteiger partial charge in [-0.15, -0.1) is 0 Å². The van der Waals surface area contributed by atoms with Crippen molar-refractivity contribution in [3.05, 3.63) is 28.9 Å². The Morgan fingerprint density at radius 3 is 2.81 bits per heavy atom. The molecule has 2 rings (SSSR count). The molecule has 6 heteroatoms. The molecule has 0 bridgehead atoms. The van der Waals surface area contributed by atoms with Crippen molar-refractivity contribution in [2.45, 2.75) is 0 Å². The highest BCUT2D eigenvalue weighted by atomic mass is 35.5. The van der Waals surface area contributed by atoms with Gasteiger partial charge in [-0.2, -0.15) is 14.0 Å². The molecule has 0 spiro atoms. The van der Waals surface area contributed by atoms with Crippen molar-refractivity contribution in [3.63, 3.8) is 0 Å². The standard InChI is InChI=1S/C10H6ClN3OS/c1-15-8-3-2-6(5-12)4-7(8)9-10(11)14-16-13-9/h2-4H,1H3. The fourth-order valence-corrected chi connectivity index (χ4v) is 2.05. The largest absolute Gasteiger partial charge is 0.496 e. The lowest BCUT2D eigenvalue weighted by Gasteiger charge is -2.06. The summed E-state index contributed by atoms with van der Waals surface area (Å²) in [4.78, 5) is 0. The van der Waals surface area contributed by atoms with Gasteiger partial charge in [0.25, 0.3) is 0 Å². The molecule has 2 aromatic rings. The Morgan fingerprint density at radius 2 is 2.25 bits per heavy atom. The molecule has 0 saturated carbocycles. The quantitative estimate of drug-likeness (QED) is 0.823. The van der Waals surface area contributed by atoms with Gasteiger partial charge in [-0.3, -0.25) is 0 Å². The predicted molar refractivity (Wildman–Crippen MR) is 61.6 cm³/mol. The van der Waals surface area contributed by atoms with E-state index in [-0.39, 0.29) is 0 Å². The number of hydrogen-bond donors (Lipinski definition) is 0. The van der Waals surface area contributed by atoms with E-state index in [0.29, 0.717) is 27.7 Å². The summed E-state index contributed by atoms with van der Waals surface area (Å²) in [6.45, 7) is 0. The third-order valence-corrected chi connectivity index (χ3v) is 2.92. The number of hydrogen-bond acceptors (Lipinski definition) is 5. The molecule has 0 aliphatic carbocycles. The number of benzene rings is 1. The van der Waals surface area contributed by atoms with Crippen molar-refractivity contribution in [1.82, 2.24) is 8.75 Å². The first-order valence-corrected chi connectivity index (χ1v) is 5.43. The minimum atomic E-state index is 0.318. The van der Waals surface area contributed by atoms with E-state index < -0.39 is 0 Å². The van der Waals surface area contributed by atoms with Gasteiger partial charge in [0.05, 0.1) is 30.5 Å². The lowest BCUT2D eigenvalue weighted by molar-refractivity contribution is 0.416. The number of halogens is 1. The van der Waals surface area contributed by atoms with Crippen LogP contribution in [0.4, 0.5) is 0 Å². The van der Waals surface area contributed by atoms with E-state index in [4.69, 9.17) is 21.6 Å². The smallest absolute Gasteiger partial charge is 0.171 e. The molecule has 0 N–H and O–H groups in total. The first kappa shape index (κ1) is 10.9. The molecule has 1 heterocycles. The summed E-state index contributed by atoms with van der Waals surface area (Å²) in [5.41, 5.74) is 1.75. The molecule has 0 amide bonds. The monoisotopic (exact) mass is 251 g/mol. The first-order chi connectivity index (χ1) is 7.76. The normalized spacial score (nSPS) is 9.81. The minimum absolute atomic E-state index is 0.318. The van der Waals surface area contributed by atoms with Crippen LogP contribution < -0.4 is 4.74 Å². The van der Waals surface area contributed by atoms with Crippen LogP contribution >= 0.6 is 23.3 Å². The predicted octanol–water partition coefficient (Wildman–Crippen LogP) is 2.74. The number of nitrogens with zero attached hydrogens (tertiary/aromatic N) is 3. The maximum Gasteiger partial charge on any atom is 0.171 e. The summed E-state index contributed by atoms with van der Waals surface area (Å²) in [6, 6.07) is 7.13. The molecule has 0 fully saturated rings. The molecule has 80 valence electrons. The molecular weight excluding hydrogens is 246 g/mol. The Morgan fingerprint density at radius 1 is 1.44 bits per heavy atom. The van der Waals surface area contributed by atoms with Gasteiger partial charge in [-0.25, -0.2) is 0 Å². The summed E-state index contributed by atoms with van der Waals surface area (Å²) >= 11 is 6.92. The van der Waals surface area contributed by atoms with Crippen molar-refractivity contribution < 1.29 is 4.74 Å². The van der Waals surface area contributed by atoms with Crippen LogP contribution in [0.25, 0.3) is 11.3 Å². The molecule has 0 radical (unpaired) electrons. The summed E-state index contributed by atoms with van der Waals surface area (Å²) in [5.74, 6) is 0.619. The van der Waals surface area contributed by atoms with Crippen LogP contribution in [0, 0.1) is 11.3 Å². The fraction of sp³-hybridized carbons (Fsp3) is 0.100. The van der Waals surface area contributed by atoms with Gasteiger partial charge in [0.15, 0.2) is 5.15 Å². The summed E-state index contributed by atoms with van der Waals surface area (Å²) in [7, 11) is 1.55. The highest BCUT2D eigenvalue weighted by Crippen LogP contribution is 2.33. The van der Waals surface area contributed by atoms with E-state index in [0.717, 1.165) is 11.7 Å². The number of ether oxygens (including phenoxy) is 1. The van der Waals surface area contributed by atoms with Gasteiger partial charge in [0, 0.05) is 5.56 Å². The number of nitriles is 1. The Kier molecular flexibility index (Phi) is 3.04. The van der Waals surface area contributed by atoms with Gasteiger partial charge in [0.1, 0.15) is 11.4 Å². The average Bonchev–Trinajstić information content (AvgIpc) is 2.74. The fourth-order valence-electron chi connectivity index (χ4n) is 1.30.